The first-order valence-corrected chi connectivity index (χ1v) is 10.9. The quantitative estimate of drug-likeness (QED) is 0.765. The van der Waals surface area contributed by atoms with E-state index in [9.17, 15) is 9.59 Å². The third kappa shape index (κ3) is 4.04. The number of pyridine rings is 1. The summed E-state index contributed by atoms with van der Waals surface area (Å²) in [5, 5.41) is 0. The van der Waals surface area contributed by atoms with Gasteiger partial charge in [0.1, 0.15) is 0 Å². The van der Waals surface area contributed by atoms with Crippen molar-refractivity contribution in [1.29, 1.82) is 0 Å². The van der Waals surface area contributed by atoms with Crippen LogP contribution in [0.4, 0.5) is 11.4 Å². The van der Waals surface area contributed by atoms with Gasteiger partial charge in [0.05, 0.1) is 5.92 Å². The van der Waals surface area contributed by atoms with E-state index in [1.54, 1.807) is 12.4 Å². The SMILES string of the molecule is CCC(C)c1ccccc1N1CC(C(=O)N2CCN(c3ccncc3)CC2)CC1=O. The molecule has 3 heterocycles. The molecule has 0 spiro atoms. The fraction of sp³-hybridized carbons (Fsp3) is 0.458. The molecule has 2 amide bonds. The summed E-state index contributed by atoms with van der Waals surface area (Å²) < 4.78 is 0. The summed E-state index contributed by atoms with van der Waals surface area (Å²) in [7, 11) is 0. The Hall–Kier alpha value is -2.89. The van der Waals surface area contributed by atoms with Gasteiger partial charge in [0.2, 0.25) is 11.8 Å². The molecule has 2 aliphatic heterocycles. The second kappa shape index (κ2) is 8.86. The number of anilines is 2. The van der Waals surface area contributed by atoms with Gasteiger partial charge in [0.25, 0.3) is 0 Å². The Morgan fingerprint density at radius 1 is 1.10 bits per heavy atom. The molecule has 2 saturated heterocycles. The number of hydrogen-bond acceptors (Lipinski definition) is 4. The fourth-order valence-corrected chi connectivity index (χ4v) is 4.47. The van der Waals surface area contributed by atoms with Crippen LogP contribution in [0.3, 0.4) is 0 Å². The predicted octanol–water partition coefficient (Wildman–Crippen LogP) is 3.30. The second-order valence-corrected chi connectivity index (χ2v) is 8.29. The lowest BCUT2D eigenvalue weighted by atomic mass is 9.96. The molecule has 1 aromatic heterocycles. The highest BCUT2D eigenvalue weighted by Crippen LogP contribution is 2.34. The van der Waals surface area contributed by atoms with Gasteiger partial charge >= 0.3 is 0 Å². The molecule has 30 heavy (non-hydrogen) atoms. The molecule has 0 aliphatic carbocycles. The average Bonchev–Trinajstić information content (AvgIpc) is 3.20. The Balaban J connectivity index is 1.41. The van der Waals surface area contributed by atoms with E-state index in [0.717, 1.165) is 30.9 Å². The maximum absolute atomic E-state index is 13.2. The van der Waals surface area contributed by atoms with Crippen LogP contribution in [0.2, 0.25) is 0 Å². The van der Waals surface area contributed by atoms with Gasteiger partial charge in [-0.3, -0.25) is 14.6 Å². The predicted molar refractivity (Wildman–Crippen MR) is 119 cm³/mol. The Morgan fingerprint density at radius 2 is 1.80 bits per heavy atom. The van der Waals surface area contributed by atoms with Crippen LogP contribution in [-0.2, 0) is 9.59 Å². The number of benzene rings is 1. The van der Waals surface area contributed by atoms with Gasteiger partial charge in [0.15, 0.2) is 0 Å². The molecular formula is C24H30N4O2. The van der Waals surface area contributed by atoms with Crippen molar-refractivity contribution in [3.63, 3.8) is 0 Å². The standard InChI is InChI=1S/C24H30N4O2/c1-3-18(2)21-6-4-5-7-22(21)28-17-19(16-23(28)29)24(30)27-14-12-26(13-15-27)20-8-10-25-11-9-20/h4-11,18-19H,3,12-17H2,1-2H3. The normalized spacial score (nSPS) is 20.5. The number of para-hydroxylation sites is 1. The molecule has 6 heteroatoms. The zero-order valence-corrected chi connectivity index (χ0v) is 17.8. The Kier molecular flexibility index (Phi) is 6.02. The second-order valence-electron chi connectivity index (χ2n) is 8.29. The minimum Gasteiger partial charge on any atom is -0.368 e. The Labute approximate surface area is 178 Å². The first-order chi connectivity index (χ1) is 14.6. The van der Waals surface area contributed by atoms with E-state index >= 15 is 0 Å². The largest absolute Gasteiger partial charge is 0.368 e. The molecule has 0 radical (unpaired) electrons. The van der Waals surface area contributed by atoms with Crippen LogP contribution >= 0.6 is 0 Å². The number of amides is 2. The molecule has 2 aliphatic rings. The molecule has 2 unspecified atom stereocenters. The topological polar surface area (TPSA) is 56.8 Å². The van der Waals surface area contributed by atoms with E-state index in [4.69, 9.17) is 0 Å². The number of rotatable bonds is 5. The van der Waals surface area contributed by atoms with Gasteiger partial charge in [-0.1, -0.05) is 32.0 Å². The summed E-state index contributed by atoms with van der Waals surface area (Å²) in [5.41, 5.74) is 3.29. The van der Waals surface area contributed by atoms with E-state index < -0.39 is 0 Å². The number of nitrogens with zero attached hydrogens (tertiary/aromatic N) is 4. The van der Waals surface area contributed by atoms with Gasteiger partial charge in [0, 0.05) is 62.9 Å². The highest BCUT2D eigenvalue weighted by Gasteiger charge is 2.38. The molecule has 2 aromatic rings. The molecule has 2 atom stereocenters. The van der Waals surface area contributed by atoms with Crippen LogP contribution in [0.25, 0.3) is 0 Å². The van der Waals surface area contributed by atoms with Crippen LogP contribution in [-0.4, -0.2) is 54.4 Å². The first kappa shape index (κ1) is 20.4. The van der Waals surface area contributed by atoms with Crippen molar-refractivity contribution in [3.05, 3.63) is 54.4 Å². The highest BCUT2D eigenvalue weighted by molar-refractivity contribution is 6.01. The zero-order chi connectivity index (χ0) is 21.1. The van der Waals surface area contributed by atoms with Gasteiger partial charge < -0.3 is 14.7 Å². The van der Waals surface area contributed by atoms with Crippen molar-refractivity contribution in [2.45, 2.75) is 32.6 Å². The van der Waals surface area contributed by atoms with Crippen molar-refractivity contribution in [1.82, 2.24) is 9.88 Å². The summed E-state index contributed by atoms with van der Waals surface area (Å²) in [4.78, 5) is 36.1. The summed E-state index contributed by atoms with van der Waals surface area (Å²) in [6.45, 7) is 7.81. The number of piperazine rings is 1. The Morgan fingerprint density at radius 3 is 2.50 bits per heavy atom. The van der Waals surface area contributed by atoms with E-state index in [1.807, 2.05) is 40.1 Å². The Bertz CT molecular complexity index is 893. The molecule has 2 fully saturated rings. The van der Waals surface area contributed by atoms with E-state index in [-0.39, 0.29) is 17.7 Å². The summed E-state index contributed by atoms with van der Waals surface area (Å²) in [6.07, 6.45) is 4.91. The van der Waals surface area contributed by atoms with Crippen molar-refractivity contribution in [3.8, 4) is 0 Å². The van der Waals surface area contributed by atoms with Crippen LogP contribution < -0.4 is 9.80 Å². The molecule has 158 valence electrons. The highest BCUT2D eigenvalue weighted by atomic mass is 16.2. The van der Waals surface area contributed by atoms with Crippen molar-refractivity contribution < 1.29 is 9.59 Å². The molecule has 0 bridgehead atoms. The third-order valence-corrected chi connectivity index (χ3v) is 6.46. The van der Waals surface area contributed by atoms with Crippen LogP contribution in [0, 0.1) is 5.92 Å². The van der Waals surface area contributed by atoms with Gasteiger partial charge in [-0.25, -0.2) is 0 Å². The monoisotopic (exact) mass is 406 g/mol. The number of carbonyl (C=O) groups excluding carboxylic acids is 2. The van der Waals surface area contributed by atoms with Gasteiger partial charge in [-0.05, 0) is 36.1 Å². The zero-order valence-electron chi connectivity index (χ0n) is 17.8. The summed E-state index contributed by atoms with van der Waals surface area (Å²) in [6, 6.07) is 12.1. The maximum Gasteiger partial charge on any atom is 0.228 e. The molecule has 6 nitrogen and oxygen atoms in total. The van der Waals surface area contributed by atoms with Gasteiger partial charge in [-0.15, -0.1) is 0 Å². The minimum atomic E-state index is -0.255. The fourth-order valence-electron chi connectivity index (χ4n) is 4.47. The lowest BCUT2D eigenvalue weighted by molar-refractivity contribution is -0.136. The lowest BCUT2D eigenvalue weighted by Gasteiger charge is -2.37. The van der Waals surface area contributed by atoms with Crippen molar-refractivity contribution in [2.75, 3.05) is 42.5 Å². The van der Waals surface area contributed by atoms with Crippen LogP contribution in [0.15, 0.2) is 48.8 Å². The molecule has 1 aromatic carbocycles. The number of aromatic nitrogens is 1. The van der Waals surface area contributed by atoms with Crippen molar-refractivity contribution >= 4 is 23.2 Å². The summed E-state index contributed by atoms with van der Waals surface area (Å²) in [5.74, 6) is 0.292. The lowest BCUT2D eigenvalue weighted by Crippen LogP contribution is -2.50. The number of hydrogen-bond donors (Lipinski definition) is 0. The minimum absolute atomic E-state index is 0.0551. The van der Waals surface area contributed by atoms with E-state index in [2.05, 4.69) is 29.8 Å². The maximum atomic E-state index is 13.2. The van der Waals surface area contributed by atoms with Crippen LogP contribution in [0.5, 0.6) is 0 Å². The average molecular weight is 407 g/mol. The first-order valence-electron chi connectivity index (χ1n) is 10.9. The molecular weight excluding hydrogens is 376 g/mol. The van der Waals surface area contributed by atoms with E-state index in [0.29, 0.717) is 32.0 Å². The molecule has 4 rings (SSSR count). The number of carbonyl (C=O) groups is 2. The molecule has 0 N–H and O–H groups in total. The smallest absolute Gasteiger partial charge is 0.228 e. The molecule has 0 saturated carbocycles. The third-order valence-electron chi connectivity index (χ3n) is 6.46. The van der Waals surface area contributed by atoms with Crippen LogP contribution in [0.1, 0.15) is 38.2 Å². The van der Waals surface area contributed by atoms with E-state index in [1.165, 1.54) is 5.56 Å². The van der Waals surface area contributed by atoms with Crippen molar-refractivity contribution in [2.24, 2.45) is 5.92 Å². The summed E-state index contributed by atoms with van der Waals surface area (Å²) >= 11 is 0. The van der Waals surface area contributed by atoms with Gasteiger partial charge in [-0.2, -0.15) is 0 Å².